The van der Waals surface area contributed by atoms with Gasteiger partial charge in [-0.2, -0.15) is 0 Å². The SMILES string of the molecule is COc1ccc(N(C=O)CC(O)CN2CCN(CC(=O)Nc3c(C)cccc3C)CC2)cc1. The zero-order valence-electron chi connectivity index (χ0n) is 19.7. The van der Waals surface area contributed by atoms with Gasteiger partial charge in [-0.05, 0) is 49.2 Å². The summed E-state index contributed by atoms with van der Waals surface area (Å²) in [5.41, 5.74) is 3.72. The van der Waals surface area contributed by atoms with Gasteiger partial charge < -0.3 is 20.1 Å². The normalized spacial score (nSPS) is 15.6. The first-order valence-electron chi connectivity index (χ1n) is 11.2. The van der Waals surface area contributed by atoms with E-state index < -0.39 is 6.10 Å². The van der Waals surface area contributed by atoms with Gasteiger partial charge in [-0.25, -0.2) is 0 Å². The molecule has 3 rings (SSSR count). The molecule has 1 heterocycles. The molecule has 2 N–H and O–H groups in total. The van der Waals surface area contributed by atoms with E-state index in [0.717, 1.165) is 49.4 Å². The Morgan fingerprint density at radius 1 is 1.09 bits per heavy atom. The predicted molar refractivity (Wildman–Crippen MR) is 130 cm³/mol. The monoisotopic (exact) mass is 454 g/mol. The number of hydrogen-bond acceptors (Lipinski definition) is 6. The smallest absolute Gasteiger partial charge is 0.238 e. The number of methoxy groups -OCH3 is 1. The van der Waals surface area contributed by atoms with E-state index in [9.17, 15) is 14.7 Å². The number of carbonyl (C=O) groups excluding carboxylic acids is 2. The summed E-state index contributed by atoms with van der Waals surface area (Å²) >= 11 is 0. The minimum absolute atomic E-state index is 0.0120. The molecule has 0 radical (unpaired) electrons. The Balaban J connectivity index is 1.42. The lowest BCUT2D eigenvalue weighted by molar-refractivity contribution is -0.117. The Hall–Kier alpha value is -2.94. The number of ether oxygens (including phenoxy) is 1. The standard InChI is InChI=1S/C25H34N4O4/c1-19-5-4-6-20(2)25(19)26-24(32)17-28-13-11-27(12-14-28)15-22(31)16-29(18-30)21-7-9-23(33-3)10-8-21/h4-10,18,22,31H,11-17H2,1-3H3,(H,26,32). The Labute approximate surface area is 195 Å². The van der Waals surface area contributed by atoms with E-state index in [2.05, 4.69) is 15.1 Å². The van der Waals surface area contributed by atoms with Crippen LogP contribution in [0.2, 0.25) is 0 Å². The summed E-state index contributed by atoms with van der Waals surface area (Å²) in [7, 11) is 1.59. The number of rotatable bonds is 10. The molecule has 0 aromatic heterocycles. The van der Waals surface area contributed by atoms with Gasteiger partial charge in [-0.15, -0.1) is 0 Å². The van der Waals surface area contributed by atoms with Crippen molar-refractivity contribution in [1.82, 2.24) is 9.80 Å². The molecule has 2 aromatic rings. The lowest BCUT2D eigenvalue weighted by Gasteiger charge is -2.35. The Morgan fingerprint density at radius 2 is 1.70 bits per heavy atom. The van der Waals surface area contributed by atoms with Crippen molar-refractivity contribution >= 4 is 23.7 Å². The van der Waals surface area contributed by atoms with Crippen molar-refractivity contribution in [1.29, 1.82) is 0 Å². The second-order valence-corrected chi connectivity index (χ2v) is 8.50. The van der Waals surface area contributed by atoms with Crippen molar-refractivity contribution in [2.45, 2.75) is 20.0 Å². The van der Waals surface area contributed by atoms with Gasteiger partial charge in [0.05, 0.1) is 26.3 Å². The summed E-state index contributed by atoms with van der Waals surface area (Å²) in [5, 5.41) is 13.6. The summed E-state index contributed by atoms with van der Waals surface area (Å²) in [4.78, 5) is 29.8. The second-order valence-electron chi connectivity index (χ2n) is 8.50. The van der Waals surface area contributed by atoms with Crippen LogP contribution < -0.4 is 15.0 Å². The number of nitrogens with zero attached hydrogens (tertiary/aromatic N) is 3. The largest absolute Gasteiger partial charge is 0.497 e. The van der Waals surface area contributed by atoms with Gasteiger partial charge in [-0.3, -0.25) is 19.4 Å². The number of hydrogen-bond donors (Lipinski definition) is 2. The molecule has 33 heavy (non-hydrogen) atoms. The molecule has 8 heteroatoms. The molecule has 0 bridgehead atoms. The average molecular weight is 455 g/mol. The van der Waals surface area contributed by atoms with Crippen molar-refractivity contribution in [3.05, 3.63) is 53.6 Å². The number of aliphatic hydroxyl groups is 1. The highest BCUT2D eigenvalue weighted by atomic mass is 16.5. The number of aryl methyl sites for hydroxylation is 2. The predicted octanol–water partition coefficient (Wildman–Crippen LogP) is 1.89. The molecule has 0 aliphatic carbocycles. The lowest BCUT2D eigenvalue weighted by Crippen LogP contribution is -2.51. The second kappa shape index (κ2) is 11.8. The van der Waals surface area contributed by atoms with E-state index in [1.54, 1.807) is 31.4 Å². The lowest BCUT2D eigenvalue weighted by atomic mass is 10.1. The number of anilines is 2. The zero-order valence-corrected chi connectivity index (χ0v) is 19.7. The van der Waals surface area contributed by atoms with Crippen molar-refractivity contribution in [2.75, 3.05) is 63.1 Å². The summed E-state index contributed by atoms with van der Waals surface area (Å²) in [6, 6.07) is 13.1. The zero-order chi connectivity index (χ0) is 23.8. The molecular formula is C25H34N4O4. The van der Waals surface area contributed by atoms with Crippen LogP contribution in [-0.4, -0.2) is 86.3 Å². The number of para-hydroxylation sites is 1. The van der Waals surface area contributed by atoms with Gasteiger partial charge in [0, 0.05) is 44.1 Å². The van der Waals surface area contributed by atoms with Gasteiger partial charge in [0.15, 0.2) is 0 Å². The summed E-state index contributed by atoms with van der Waals surface area (Å²) in [5.74, 6) is 0.702. The first-order chi connectivity index (χ1) is 15.9. The third-order valence-electron chi connectivity index (χ3n) is 5.99. The topological polar surface area (TPSA) is 85.3 Å². The number of nitrogens with one attached hydrogen (secondary N) is 1. The molecule has 1 saturated heterocycles. The van der Waals surface area contributed by atoms with Crippen LogP contribution in [0.15, 0.2) is 42.5 Å². The van der Waals surface area contributed by atoms with Crippen LogP contribution >= 0.6 is 0 Å². The first kappa shape index (κ1) is 24.7. The Kier molecular flexibility index (Phi) is 8.82. The highest BCUT2D eigenvalue weighted by Gasteiger charge is 2.22. The Bertz CT molecular complexity index is 906. The van der Waals surface area contributed by atoms with Crippen molar-refractivity contribution in [3.8, 4) is 5.75 Å². The molecule has 2 aromatic carbocycles. The van der Waals surface area contributed by atoms with Crippen LogP contribution in [0.1, 0.15) is 11.1 Å². The van der Waals surface area contributed by atoms with E-state index in [4.69, 9.17) is 4.74 Å². The molecule has 1 atom stereocenters. The minimum Gasteiger partial charge on any atom is -0.497 e. The molecule has 178 valence electrons. The van der Waals surface area contributed by atoms with Gasteiger partial charge in [0.25, 0.3) is 0 Å². The Morgan fingerprint density at radius 3 is 2.27 bits per heavy atom. The van der Waals surface area contributed by atoms with Crippen molar-refractivity contribution in [2.24, 2.45) is 0 Å². The molecule has 1 unspecified atom stereocenters. The number of carbonyl (C=O) groups is 2. The highest BCUT2D eigenvalue weighted by molar-refractivity contribution is 5.93. The quantitative estimate of drug-likeness (QED) is 0.534. The van der Waals surface area contributed by atoms with Crippen molar-refractivity contribution in [3.63, 3.8) is 0 Å². The average Bonchev–Trinajstić information content (AvgIpc) is 2.81. The van der Waals surface area contributed by atoms with Crippen LogP contribution in [-0.2, 0) is 9.59 Å². The van der Waals surface area contributed by atoms with Gasteiger partial charge in [-0.1, -0.05) is 18.2 Å². The van der Waals surface area contributed by atoms with Crippen LogP contribution in [0.25, 0.3) is 0 Å². The molecule has 8 nitrogen and oxygen atoms in total. The van der Waals surface area contributed by atoms with E-state index in [1.807, 2.05) is 32.0 Å². The fraction of sp³-hybridized carbons (Fsp3) is 0.440. The van der Waals surface area contributed by atoms with Crippen LogP contribution in [0.4, 0.5) is 11.4 Å². The highest BCUT2D eigenvalue weighted by Crippen LogP contribution is 2.20. The summed E-state index contributed by atoms with van der Waals surface area (Å²) < 4.78 is 5.14. The number of piperazine rings is 1. The number of benzene rings is 2. The number of amides is 2. The maximum absolute atomic E-state index is 12.5. The van der Waals surface area contributed by atoms with Gasteiger partial charge >= 0.3 is 0 Å². The fourth-order valence-electron chi connectivity index (χ4n) is 4.09. The van der Waals surface area contributed by atoms with Gasteiger partial charge in [0.1, 0.15) is 5.75 Å². The number of aliphatic hydroxyl groups excluding tert-OH is 1. The molecule has 1 aliphatic heterocycles. The van der Waals surface area contributed by atoms with Crippen LogP contribution in [0.5, 0.6) is 5.75 Å². The third kappa shape index (κ3) is 7.02. The minimum atomic E-state index is -0.670. The van der Waals surface area contributed by atoms with E-state index in [0.29, 0.717) is 24.5 Å². The summed E-state index contributed by atoms with van der Waals surface area (Å²) in [6.07, 6.45) is 0.0637. The van der Waals surface area contributed by atoms with E-state index in [1.165, 1.54) is 4.90 Å². The molecule has 0 saturated carbocycles. The maximum atomic E-state index is 12.5. The van der Waals surface area contributed by atoms with E-state index in [-0.39, 0.29) is 12.5 Å². The molecule has 0 spiro atoms. The molecule has 2 amide bonds. The van der Waals surface area contributed by atoms with E-state index >= 15 is 0 Å². The fourth-order valence-corrected chi connectivity index (χ4v) is 4.09. The summed E-state index contributed by atoms with van der Waals surface area (Å²) in [6.45, 7) is 8.05. The molecular weight excluding hydrogens is 420 g/mol. The van der Waals surface area contributed by atoms with Gasteiger partial charge in [0.2, 0.25) is 12.3 Å². The molecule has 1 aliphatic rings. The van der Waals surface area contributed by atoms with Crippen molar-refractivity contribution < 1.29 is 19.4 Å². The third-order valence-corrected chi connectivity index (χ3v) is 5.99. The number of β-amino-alcohol motifs (C(OH)–C–C–N with tert-alkyl or cyclic N) is 1. The molecule has 1 fully saturated rings. The van der Waals surface area contributed by atoms with Crippen LogP contribution in [0.3, 0.4) is 0 Å². The maximum Gasteiger partial charge on any atom is 0.238 e. The first-order valence-corrected chi connectivity index (χ1v) is 11.2. The van der Waals surface area contributed by atoms with Crippen LogP contribution in [0, 0.1) is 13.8 Å².